The summed E-state index contributed by atoms with van der Waals surface area (Å²) < 4.78 is 0. The fourth-order valence-electron chi connectivity index (χ4n) is 0.590. The van der Waals surface area contributed by atoms with E-state index >= 15 is 0 Å². The number of hydrogen-bond donors (Lipinski definition) is 3. The second-order valence-corrected chi connectivity index (χ2v) is 2.03. The summed E-state index contributed by atoms with van der Waals surface area (Å²) in [6.45, 7) is -0.176. The zero-order chi connectivity index (χ0) is 9.56. The van der Waals surface area contributed by atoms with Crippen molar-refractivity contribution in [1.82, 2.24) is 5.32 Å². The van der Waals surface area contributed by atoms with Crippen LogP contribution in [0.3, 0.4) is 0 Å². The third-order valence-corrected chi connectivity index (χ3v) is 1.10. The molecule has 66 valence electrons. The van der Waals surface area contributed by atoms with Gasteiger partial charge in [-0.25, -0.2) is 0 Å². The van der Waals surface area contributed by atoms with E-state index in [9.17, 15) is 9.59 Å². The number of carboxylic acid groups (broad SMARTS) is 2. The normalized spacial score (nSPS) is 11.6. The molecule has 0 saturated heterocycles. The number of nitrogens with zero attached hydrogens (tertiary/aromatic N) is 1. The molecule has 0 amide bonds. The standard InChI is InChI=1S/C6H8N2O4/c7-1-2-8-4(6(11)12)3-5(9)10/h4,8H,2-3H2,(H,9,10)(H,11,12). The van der Waals surface area contributed by atoms with E-state index in [0.29, 0.717) is 0 Å². The molecule has 12 heavy (non-hydrogen) atoms. The summed E-state index contributed by atoms with van der Waals surface area (Å²) in [5.41, 5.74) is 0. The number of hydrogen-bond acceptors (Lipinski definition) is 4. The van der Waals surface area contributed by atoms with Crippen LogP contribution in [0.1, 0.15) is 6.42 Å². The van der Waals surface area contributed by atoms with Crippen molar-refractivity contribution in [1.29, 1.82) is 5.26 Å². The molecule has 0 saturated carbocycles. The largest absolute Gasteiger partial charge is 0.481 e. The van der Waals surface area contributed by atoms with Gasteiger partial charge in [-0.15, -0.1) is 0 Å². The van der Waals surface area contributed by atoms with Crippen molar-refractivity contribution in [2.45, 2.75) is 12.5 Å². The Labute approximate surface area is 68.4 Å². The van der Waals surface area contributed by atoms with Crippen LogP contribution in [0.5, 0.6) is 0 Å². The highest BCUT2D eigenvalue weighted by Crippen LogP contribution is 1.91. The molecule has 0 aliphatic heterocycles. The SMILES string of the molecule is N#CCNC(CC(=O)O)C(=O)O. The Bertz CT molecular complexity index is 220. The van der Waals surface area contributed by atoms with Crippen molar-refractivity contribution in [3.63, 3.8) is 0 Å². The van der Waals surface area contributed by atoms with Crippen LogP contribution in [0.2, 0.25) is 0 Å². The predicted molar refractivity (Wildman–Crippen MR) is 37.3 cm³/mol. The van der Waals surface area contributed by atoms with E-state index in [0.717, 1.165) is 0 Å². The van der Waals surface area contributed by atoms with Gasteiger partial charge in [-0.1, -0.05) is 0 Å². The Morgan fingerprint density at radius 2 is 2.08 bits per heavy atom. The van der Waals surface area contributed by atoms with Crippen LogP contribution >= 0.6 is 0 Å². The molecule has 0 heterocycles. The number of carbonyl (C=O) groups is 2. The molecule has 6 heteroatoms. The highest BCUT2D eigenvalue weighted by Gasteiger charge is 2.19. The van der Waals surface area contributed by atoms with E-state index in [-0.39, 0.29) is 6.54 Å². The zero-order valence-electron chi connectivity index (χ0n) is 6.15. The number of aliphatic carboxylic acids is 2. The molecule has 0 radical (unpaired) electrons. The summed E-state index contributed by atoms with van der Waals surface area (Å²) in [6, 6.07) is 0.466. The lowest BCUT2D eigenvalue weighted by atomic mass is 10.2. The maximum absolute atomic E-state index is 10.3. The summed E-state index contributed by atoms with van der Waals surface area (Å²) in [6.07, 6.45) is -0.531. The van der Waals surface area contributed by atoms with Gasteiger partial charge in [0.1, 0.15) is 6.04 Å². The summed E-state index contributed by atoms with van der Waals surface area (Å²) in [5, 5.41) is 27.0. The Kier molecular flexibility index (Phi) is 4.41. The van der Waals surface area contributed by atoms with E-state index < -0.39 is 24.4 Å². The molecule has 0 fully saturated rings. The van der Waals surface area contributed by atoms with Crippen LogP contribution < -0.4 is 5.32 Å². The van der Waals surface area contributed by atoms with Crippen molar-refractivity contribution in [2.24, 2.45) is 0 Å². The average molecular weight is 172 g/mol. The lowest BCUT2D eigenvalue weighted by Crippen LogP contribution is -2.38. The van der Waals surface area contributed by atoms with Crippen molar-refractivity contribution >= 4 is 11.9 Å². The van der Waals surface area contributed by atoms with Gasteiger partial charge in [0.05, 0.1) is 19.0 Å². The summed E-state index contributed by atoms with van der Waals surface area (Å²) >= 11 is 0. The monoisotopic (exact) mass is 172 g/mol. The Hall–Kier alpha value is -1.61. The fourth-order valence-corrected chi connectivity index (χ4v) is 0.590. The van der Waals surface area contributed by atoms with E-state index in [1.807, 2.05) is 0 Å². The average Bonchev–Trinajstić information content (AvgIpc) is 1.96. The molecular formula is C6H8N2O4. The molecule has 0 aliphatic rings. The highest BCUT2D eigenvalue weighted by molar-refractivity contribution is 5.80. The van der Waals surface area contributed by atoms with Crippen molar-refractivity contribution in [3.05, 3.63) is 0 Å². The van der Waals surface area contributed by atoms with Crippen LogP contribution in [0.15, 0.2) is 0 Å². The molecular weight excluding hydrogens is 164 g/mol. The third-order valence-electron chi connectivity index (χ3n) is 1.10. The van der Waals surface area contributed by atoms with Crippen molar-refractivity contribution in [2.75, 3.05) is 6.54 Å². The van der Waals surface area contributed by atoms with Crippen LogP contribution in [-0.2, 0) is 9.59 Å². The minimum Gasteiger partial charge on any atom is -0.481 e. The topological polar surface area (TPSA) is 110 Å². The minimum atomic E-state index is -1.27. The van der Waals surface area contributed by atoms with Gasteiger partial charge in [0.25, 0.3) is 0 Å². The van der Waals surface area contributed by atoms with Gasteiger partial charge in [0.2, 0.25) is 0 Å². The second kappa shape index (κ2) is 5.09. The Balaban J connectivity index is 3.97. The lowest BCUT2D eigenvalue weighted by Gasteiger charge is -2.08. The lowest BCUT2D eigenvalue weighted by molar-refractivity contribution is -0.145. The molecule has 1 unspecified atom stereocenters. The molecule has 0 aromatic rings. The van der Waals surface area contributed by atoms with Gasteiger partial charge < -0.3 is 10.2 Å². The maximum Gasteiger partial charge on any atom is 0.321 e. The summed E-state index contributed by atoms with van der Waals surface area (Å²) in [7, 11) is 0. The first kappa shape index (κ1) is 10.4. The predicted octanol–water partition coefficient (Wildman–Crippen LogP) is -0.973. The van der Waals surface area contributed by atoms with Gasteiger partial charge in [0.15, 0.2) is 0 Å². The molecule has 0 bridgehead atoms. The minimum absolute atomic E-state index is 0.176. The molecule has 3 N–H and O–H groups in total. The van der Waals surface area contributed by atoms with Crippen LogP contribution in [0.25, 0.3) is 0 Å². The summed E-state index contributed by atoms with van der Waals surface area (Å²) in [5.74, 6) is -2.49. The van der Waals surface area contributed by atoms with Gasteiger partial charge in [0, 0.05) is 0 Å². The van der Waals surface area contributed by atoms with Gasteiger partial charge >= 0.3 is 11.9 Å². The van der Waals surface area contributed by atoms with Gasteiger partial charge in [-0.3, -0.25) is 14.9 Å². The van der Waals surface area contributed by atoms with Crippen molar-refractivity contribution < 1.29 is 19.8 Å². The number of rotatable bonds is 5. The molecule has 6 nitrogen and oxygen atoms in total. The number of nitrogens with one attached hydrogen (secondary N) is 1. The number of nitriles is 1. The van der Waals surface area contributed by atoms with Crippen LogP contribution in [-0.4, -0.2) is 34.7 Å². The molecule has 1 atom stereocenters. The zero-order valence-corrected chi connectivity index (χ0v) is 6.15. The Morgan fingerprint density at radius 3 is 2.42 bits per heavy atom. The quantitative estimate of drug-likeness (QED) is 0.460. The molecule has 0 rings (SSSR count). The molecule has 0 spiro atoms. The van der Waals surface area contributed by atoms with Gasteiger partial charge in [-0.05, 0) is 0 Å². The molecule has 0 aliphatic carbocycles. The van der Waals surface area contributed by atoms with E-state index in [2.05, 4.69) is 5.32 Å². The smallest absolute Gasteiger partial charge is 0.321 e. The van der Waals surface area contributed by atoms with E-state index in [1.54, 1.807) is 6.07 Å². The molecule has 0 aromatic heterocycles. The second-order valence-electron chi connectivity index (χ2n) is 2.03. The maximum atomic E-state index is 10.3. The van der Waals surface area contributed by atoms with Crippen LogP contribution in [0, 0.1) is 11.3 Å². The van der Waals surface area contributed by atoms with E-state index in [1.165, 1.54) is 0 Å². The fraction of sp³-hybridized carbons (Fsp3) is 0.500. The first-order valence-electron chi connectivity index (χ1n) is 3.13. The Morgan fingerprint density at radius 1 is 1.50 bits per heavy atom. The summed E-state index contributed by atoms with van der Waals surface area (Å²) in [4.78, 5) is 20.4. The van der Waals surface area contributed by atoms with Crippen molar-refractivity contribution in [3.8, 4) is 6.07 Å². The molecule has 0 aromatic carbocycles. The van der Waals surface area contributed by atoms with E-state index in [4.69, 9.17) is 15.5 Å². The van der Waals surface area contributed by atoms with Gasteiger partial charge in [-0.2, -0.15) is 5.26 Å². The third kappa shape index (κ3) is 4.24. The first-order valence-corrected chi connectivity index (χ1v) is 3.13. The van der Waals surface area contributed by atoms with Crippen LogP contribution in [0.4, 0.5) is 0 Å². The first-order chi connectivity index (χ1) is 5.57. The highest BCUT2D eigenvalue weighted by atomic mass is 16.4. The number of carboxylic acids is 2.